The summed E-state index contributed by atoms with van der Waals surface area (Å²) in [7, 11) is 0. The average Bonchev–Trinajstić information content (AvgIpc) is 3.56. The molecule has 1 fully saturated rings. The molecule has 0 saturated heterocycles. The van der Waals surface area contributed by atoms with E-state index in [1.165, 1.54) is 0 Å². The predicted octanol–water partition coefficient (Wildman–Crippen LogP) is 4.08. The number of aliphatic carboxylic acids is 1. The third-order valence-corrected chi connectivity index (χ3v) is 5.49. The first-order valence-electron chi connectivity index (χ1n) is 10.4. The van der Waals surface area contributed by atoms with Gasteiger partial charge >= 0.3 is 5.97 Å². The van der Waals surface area contributed by atoms with Crippen LogP contribution in [0.15, 0.2) is 54.6 Å². The fraction of sp³-hybridized carbons (Fsp3) is 0.280. The van der Waals surface area contributed by atoms with Crippen molar-refractivity contribution in [3.8, 4) is 16.9 Å². The number of para-hydroxylation sites is 1. The number of aromatic nitrogens is 1. The number of rotatable bonds is 8. The minimum atomic E-state index is -1.12. The number of hydrogen-bond donors (Lipinski definition) is 4. The molecule has 160 valence electrons. The maximum absolute atomic E-state index is 10.8. The number of carbonyl (C=O) groups is 1. The van der Waals surface area contributed by atoms with E-state index in [1.807, 2.05) is 42.5 Å². The second-order valence-electron chi connectivity index (χ2n) is 8.04. The van der Waals surface area contributed by atoms with Gasteiger partial charge in [0.05, 0.1) is 29.8 Å². The van der Waals surface area contributed by atoms with E-state index in [0.29, 0.717) is 5.92 Å². The Morgan fingerprint density at radius 3 is 2.48 bits per heavy atom. The van der Waals surface area contributed by atoms with Crippen LogP contribution in [-0.2, 0) is 4.79 Å². The van der Waals surface area contributed by atoms with Crippen LogP contribution in [0.3, 0.4) is 0 Å². The molecule has 0 spiro atoms. The second kappa shape index (κ2) is 8.88. The Morgan fingerprint density at radius 1 is 1.10 bits per heavy atom. The molecule has 4 rings (SSSR count). The first kappa shape index (κ1) is 21.0. The highest BCUT2D eigenvalue weighted by Crippen LogP contribution is 2.45. The highest BCUT2D eigenvalue weighted by atomic mass is 16.4. The topological polar surface area (TPSA) is 111 Å². The Morgan fingerprint density at radius 2 is 1.81 bits per heavy atom. The largest absolute Gasteiger partial charge is 0.508 e. The summed E-state index contributed by atoms with van der Waals surface area (Å²) in [4.78, 5) is 15.7. The molecule has 31 heavy (non-hydrogen) atoms. The van der Waals surface area contributed by atoms with Gasteiger partial charge in [-0.25, -0.2) is 0 Å². The van der Waals surface area contributed by atoms with Gasteiger partial charge in [-0.05, 0) is 36.6 Å². The quantitative estimate of drug-likeness (QED) is 0.438. The molecule has 1 aromatic heterocycles. The second-order valence-corrected chi connectivity index (χ2v) is 8.04. The summed E-state index contributed by atoms with van der Waals surface area (Å²) in [5.41, 5.74) is 4.66. The van der Waals surface area contributed by atoms with Crippen molar-refractivity contribution in [3.63, 3.8) is 0 Å². The lowest BCUT2D eigenvalue weighted by atomic mass is 9.92. The fourth-order valence-electron chi connectivity index (χ4n) is 3.87. The molecule has 6 heteroatoms. The van der Waals surface area contributed by atoms with E-state index in [9.17, 15) is 20.1 Å². The van der Waals surface area contributed by atoms with Gasteiger partial charge in [0.15, 0.2) is 0 Å². The molecular weight excluding hydrogens is 394 g/mol. The molecule has 0 amide bonds. The zero-order valence-electron chi connectivity index (χ0n) is 17.0. The number of aliphatic hydroxyl groups excluding tert-OH is 2. The van der Waals surface area contributed by atoms with Gasteiger partial charge in [-0.1, -0.05) is 42.5 Å². The summed E-state index contributed by atoms with van der Waals surface area (Å²) in [6.07, 6.45) is 2.96. The molecule has 1 aliphatic rings. The molecule has 0 radical (unpaired) electrons. The number of benzene rings is 2. The van der Waals surface area contributed by atoms with E-state index in [4.69, 9.17) is 10.1 Å². The van der Waals surface area contributed by atoms with E-state index in [2.05, 4.69) is 0 Å². The van der Waals surface area contributed by atoms with Gasteiger partial charge in [-0.3, -0.25) is 9.78 Å². The highest BCUT2D eigenvalue weighted by molar-refractivity contribution is 5.99. The van der Waals surface area contributed by atoms with Crippen molar-refractivity contribution >= 4 is 22.9 Å². The summed E-state index contributed by atoms with van der Waals surface area (Å²) in [6, 6.07) is 14.9. The van der Waals surface area contributed by atoms with Crippen molar-refractivity contribution in [2.45, 2.75) is 43.8 Å². The van der Waals surface area contributed by atoms with Gasteiger partial charge in [0.1, 0.15) is 5.75 Å². The van der Waals surface area contributed by atoms with Crippen LogP contribution in [0.2, 0.25) is 0 Å². The summed E-state index contributed by atoms with van der Waals surface area (Å²) >= 11 is 0. The molecule has 6 nitrogen and oxygen atoms in total. The molecule has 0 unspecified atom stereocenters. The number of pyridine rings is 1. The van der Waals surface area contributed by atoms with Crippen molar-refractivity contribution < 1.29 is 25.2 Å². The smallest absolute Gasteiger partial charge is 0.305 e. The Hall–Kier alpha value is -3.22. The van der Waals surface area contributed by atoms with Gasteiger partial charge in [-0.15, -0.1) is 0 Å². The van der Waals surface area contributed by atoms with Crippen molar-refractivity contribution in [2.75, 3.05) is 0 Å². The van der Waals surface area contributed by atoms with Gasteiger partial charge in [0, 0.05) is 28.9 Å². The monoisotopic (exact) mass is 419 g/mol. The third-order valence-electron chi connectivity index (χ3n) is 5.49. The first-order valence-corrected chi connectivity index (χ1v) is 10.4. The number of aromatic hydroxyl groups is 1. The highest BCUT2D eigenvalue weighted by Gasteiger charge is 2.29. The average molecular weight is 419 g/mol. The fourth-order valence-corrected chi connectivity index (χ4v) is 3.87. The normalized spacial score (nSPS) is 15.9. The van der Waals surface area contributed by atoms with Crippen molar-refractivity contribution in [1.82, 2.24) is 4.98 Å². The lowest BCUT2D eigenvalue weighted by Gasteiger charge is -2.16. The molecule has 2 aromatic carbocycles. The number of fused-ring (bicyclic) bond motifs is 1. The molecule has 3 aromatic rings. The van der Waals surface area contributed by atoms with Crippen LogP contribution >= 0.6 is 0 Å². The van der Waals surface area contributed by atoms with E-state index >= 15 is 0 Å². The van der Waals surface area contributed by atoms with Gasteiger partial charge in [-0.2, -0.15) is 0 Å². The number of hydrogen-bond acceptors (Lipinski definition) is 5. The molecule has 1 aliphatic carbocycles. The maximum atomic E-state index is 10.8. The van der Waals surface area contributed by atoms with E-state index in [-0.39, 0.29) is 12.2 Å². The molecular formula is C25H25NO5. The van der Waals surface area contributed by atoms with Crippen LogP contribution in [0.25, 0.3) is 28.1 Å². The summed E-state index contributed by atoms with van der Waals surface area (Å²) in [6.45, 7) is 0. The third kappa shape index (κ3) is 4.93. The zero-order chi connectivity index (χ0) is 22.0. The van der Waals surface area contributed by atoms with Crippen molar-refractivity contribution in [3.05, 3.63) is 65.9 Å². The van der Waals surface area contributed by atoms with Gasteiger partial charge in [0.25, 0.3) is 0 Å². The number of phenolic OH excluding ortho intramolecular Hbond substituents is 1. The van der Waals surface area contributed by atoms with E-state index in [1.54, 1.807) is 18.2 Å². The standard InChI is InChI=1S/C25H25NO5/c27-17-9-7-15(8-10-17)24-20-3-1-2-4-22(20)26-25(16-5-6-16)21(24)12-11-18(28)13-19(29)14-23(30)31/h1-4,7-12,16,18-19,27-29H,5-6,13-14H2,(H,30,31)/b12-11+/t18-,19+/m0/s1. The number of carboxylic acid groups (broad SMARTS) is 1. The Balaban J connectivity index is 1.79. The van der Waals surface area contributed by atoms with Crippen LogP contribution < -0.4 is 0 Å². The van der Waals surface area contributed by atoms with Crippen LogP contribution in [0.4, 0.5) is 0 Å². The first-order chi connectivity index (χ1) is 14.9. The maximum Gasteiger partial charge on any atom is 0.305 e. The molecule has 2 atom stereocenters. The molecule has 4 N–H and O–H groups in total. The Bertz CT molecular complexity index is 1120. The number of phenols is 1. The molecule has 1 heterocycles. The SMILES string of the molecule is O=C(O)C[C@H](O)C[C@@H](O)/C=C/c1c(C2CC2)nc2ccccc2c1-c1ccc(O)cc1. The van der Waals surface area contributed by atoms with Gasteiger partial charge < -0.3 is 20.4 Å². The van der Waals surface area contributed by atoms with Crippen LogP contribution in [0, 0.1) is 0 Å². The lowest BCUT2D eigenvalue weighted by Crippen LogP contribution is -2.19. The molecule has 0 aliphatic heterocycles. The molecule has 1 saturated carbocycles. The van der Waals surface area contributed by atoms with Crippen molar-refractivity contribution in [1.29, 1.82) is 0 Å². The number of carboxylic acids is 1. The summed E-state index contributed by atoms with van der Waals surface area (Å²) in [5, 5.41) is 39.7. The minimum Gasteiger partial charge on any atom is -0.508 e. The Kier molecular flexibility index (Phi) is 6.02. The summed E-state index contributed by atoms with van der Waals surface area (Å²) in [5.74, 6) is -0.563. The Labute approximate surface area is 180 Å². The minimum absolute atomic E-state index is 0.0584. The lowest BCUT2D eigenvalue weighted by molar-refractivity contribution is -0.139. The summed E-state index contributed by atoms with van der Waals surface area (Å²) < 4.78 is 0. The van der Waals surface area contributed by atoms with E-state index in [0.717, 1.165) is 46.1 Å². The van der Waals surface area contributed by atoms with Crippen molar-refractivity contribution in [2.24, 2.45) is 0 Å². The number of aliphatic hydroxyl groups is 2. The van der Waals surface area contributed by atoms with Gasteiger partial charge in [0.2, 0.25) is 0 Å². The molecule has 0 bridgehead atoms. The van der Waals surface area contributed by atoms with Crippen LogP contribution in [0.1, 0.15) is 42.9 Å². The van der Waals surface area contributed by atoms with Crippen LogP contribution in [-0.4, -0.2) is 43.6 Å². The number of nitrogens with zero attached hydrogens (tertiary/aromatic N) is 1. The zero-order valence-corrected chi connectivity index (χ0v) is 17.0. The predicted molar refractivity (Wildman–Crippen MR) is 119 cm³/mol. The van der Waals surface area contributed by atoms with E-state index < -0.39 is 24.6 Å². The van der Waals surface area contributed by atoms with Crippen LogP contribution in [0.5, 0.6) is 5.75 Å².